The van der Waals surface area contributed by atoms with Crippen molar-refractivity contribution >= 4 is 28.6 Å². The highest BCUT2D eigenvalue weighted by atomic mass is 19.1. The molecule has 1 fully saturated rings. The number of piperidine rings is 1. The normalized spacial score (nSPS) is 15.3. The molecule has 3 aromatic rings. The SMILES string of the molecule is CNc1ccc(F)c(-c2cc3cnc(NCCC4(O)CCN(C(C)=O)CC4)nc3n(C)c2=O)c1F. The predicted octanol–water partition coefficient (Wildman–Crippen LogP) is 2.49. The molecule has 1 aliphatic rings. The fourth-order valence-corrected chi connectivity index (χ4v) is 4.40. The number of aryl methyl sites for hydroxylation is 1. The van der Waals surface area contributed by atoms with Gasteiger partial charge in [-0.05, 0) is 37.5 Å². The number of anilines is 2. The molecular formula is C24H28F2N6O3. The van der Waals surface area contributed by atoms with Crippen LogP contribution in [-0.2, 0) is 11.8 Å². The summed E-state index contributed by atoms with van der Waals surface area (Å²) in [6, 6.07) is 3.76. The van der Waals surface area contributed by atoms with E-state index in [1.54, 1.807) is 4.90 Å². The van der Waals surface area contributed by atoms with Crippen molar-refractivity contribution in [2.24, 2.45) is 7.05 Å². The Morgan fingerprint density at radius 3 is 2.63 bits per heavy atom. The Balaban J connectivity index is 1.55. The van der Waals surface area contributed by atoms with Crippen LogP contribution in [0, 0.1) is 11.6 Å². The molecule has 11 heteroatoms. The quantitative estimate of drug-likeness (QED) is 0.491. The number of benzene rings is 1. The molecular weight excluding hydrogens is 458 g/mol. The summed E-state index contributed by atoms with van der Waals surface area (Å²) in [5.74, 6) is -1.43. The van der Waals surface area contributed by atoms with Gasteiger partial charge in [0.2, 0.25) is 11.9 Å². The third-order valence-electron chi connectivity index (χ3n) is 6.59. The highest BCUT2D eigenvalue weighted by molar-refractivity contribution is 5.82. The fourth-order valence-electron chi connectivity index (χ4n) is 4.40. The number of aromatic nitrogens is 3. The molecule has 0 atom stereocenters. The second-order valence-corrected chi connectivity index (χ2v) is 8.84. The number of nitrogens with one attached hydrogen (secondary N) is 2. The van der Waals surface area contributed by atoms with E-state index in [1.807, 2.05) is 0 Å². The van der Waals surface area contributed by atoms with Crippen LogP contribution in [0.15, 0.2) is 29.2 Å². The number of nitrogens with zero attached hydrogens (tertiary/aromatic N) is 4. The Hall–Kier alpha value is -3.60. The smallest absolute Gasteiger partial charge is 0.260 e. The summed E-state index contributed by atoms with van der Waals surface area (Å²) < 4.78 is 30.6. The second-order valence-electron chi connectivity index (χ2n) is 8.84. The maximum absolute atomic E-state index is 14.8. The second kappa shape index (κ2) is 9.57. The van der Waals surface area contributed by atoms with Crippen molar-refractivity contribution in [2.75, 3.05) is 37.3 Å². The molecule has 186 valence electrons. The van der Waals surface area contributed by atoms with Crippen LogP contribution in [0.2, 0.25) is 0 Å². The number of carbonyl (C=O) groups excluding carboxylic acids is 1. The van der Waals surface area contributed by atoms with Gasteiger partial charge in [0, 0.05) is 52.2 Å². The first kappa shape index (κ1) is 24.5. The van der Waals surface area contributed by atoms with Gasteiger partial charge >= 0.3 is 0 Å². The minimum Gasteiger partial charge on any atom is -0.390 e. The summed E-state index contributed by atoms with van der Waals surface area (Å²) in [6.45, 7) is 2.94. The molecule has 0 aliphatic carbocycles. The maximum atomic E-state index is 14.8. The Morgan fingerprint density at radius 1 is 1.26 bits per heavy atom. The number of hydrogen-bond donors (Lipinski definition) is 3. The number of pyridine rings is 1. The van der Waals surface area contributed by atoms with E-state index in [0.717, 1.165) is 6.07 Å². The van der Waals surface area contributed by atoms with Crippen molar-refractivity contribution in [3.05, 3.63) is 46.4 Å². The molecule has 4 rings (SSSR count). The summed E-state index contributed by atoms with van der Waals surface area (Å²) in [6.07, 6.45) is 2.90. The van der Waals surface area contributed by atoms with Crippen LogP contribution in [0.5, 0.6) is 0 Å². The van der Waals surface area contributed by atoms with Crippen molar-refractivity contribution in [1.29, 1.82) is 0 Å². The van der Waals surface area contributed by atoms with Gasteiger partial charge in [-0.1, -0.05) is 0 Å². The Labute approximate surface area is 200 Å². The molecule has 0 radical (unpaired) electrons. The lowest BCUT2D eigenvalue weighted by Gasteiger charge is -2.37. The van der Waals surface area contributed by atoms with Crippen LogP contribution in [0.25, 0.3) is 22.2 Å². The zero-order chi connectivity index (χ0) is 25.3. The standard InChI is InChI=1S/C24H28F2N6O3/c1-14(33)32-10-7-24(35,8-11-32)6-9-28-23-29-13-15-12-16(22(34)31(3)21(15)30-23)19-17(25)4-5-18(27-2)20(19)26/h4-5,12-13,27,35H,6-11H2,1-3H3,(H,28,29,30). The third-order valence-corrected chi connectivity index (χ3v) is 6.59. The Kier molecular flexibility index (Phi) is 6.70. The van der Waals surface area contributed by atoms with Gasteiger partial charge in [0.1, 0.15) is 11.5 Å². The molecule has 3 N–H and O–H groups in total. The topological polar surface area (TPSA) is 112 Å². The number of rotatable bonds is 6. The van der Waals surface area contributed by atoms with Gasteiger partial charge in [-0.3, -0.25) is 14.2 Å². The first-order valence-corrected chi connectivity index (χ1v) is 11.4. The summed E-state index contributed by atoms with van der Waals surface area (Å²) in [7, 11) is 2.99. The van der Waals surface area contributed by atoms with Crippen LogP contribution in [-0.4, -0.2) is 62.7 Å². The van der Waals surface area contributed by atoms with Crippen molar-refractivity contribution in [1.82, 2.24) is 19.4 Å². The van der Waals surface area contributed by atoms with Gasteiger partial charge in [-0.2, -0.15) is 4.98 Å². The minimum absolute atomic E-state index is 0.00344. The van der Waals surface area contributed by atoms with Crippen molar-refractivity contribution in [2.45, 2.75) is 31.8 Å². The van der Waals surface area contributed by atoms with Gasteiger partial charge in [0.05, 0.1) is 22.4 Å². The zero-order valence-electron chi connectivity index (χ0n) is 19.9. The monoisotopic (exact) mass is 486 g/mol. The van der Waals surface area contributed by atoms with E-state index in [2.05, 4.69) is 20.6 Å². The summed E-state index contributed by atoms with van der Waals surface area (Å²) in [5, 5.41) is 16.9. The van der Waals surface area contributed by atoms with E-state index in [9.17, 15) is 23.5 Å². The number of halogens is 2. The molecule has 3 heterocycles. The molecule has 2 aromatic heterocycles. The lowest BCUT2D eigenvalue weighted by Crippen LogP contribution is -2.46. The number of aliphatic hydroxyl groups is 1. The number of fused-ring (bicyclic) bond motifs is 1. The van der Waals surface area contributed by atoms with Crippen molar-refractivity contribution < 1.29 is 18.7 Å². The third kappa shape index (κ3) is 4.81. The summed E-state index contributed by atoms with van der Waals surface area (Å²) >= 11 is 0. The van der Waals surface area contributed by atoms with Crippen LogP contribution in [0.1, 0.15) is 26.2 Å². The first-order valence-electron chi connectivity index (χ1n) is 11.4. The average Bonchev–Trinajstić information content (AvgIpc) is 2.83. The minimum atomic E-state index is -0.881. The first-order chi connectivity index (χ1) is 16.6. The van der Waals surface area contributed by atoms with Crippen LogP contribution >= 0.6 is 0 Å². The molecule has 0 bridgehead atoms. The van der Waals surface area contributed by atoms with E-state index in [-0.39, 0.29) is 23.1 Å². The molecule has 9 nitrogen and oxygen atoms in total. The molecule has 1 aromatic carbocycles. The predicted molar refractivity (Wildman–Crippen MR) is 129 cm³/mol. The highest BCUT2D eigenvalue weighted by Crippen LogP contribution is 2.30. The van der Waals surface area contributed by atoms with Crippen molar-refractivity contribution in [3.63, 3.8) is 0 Å². The average molecular weight is 487 g/mol. The fraction of sp³-hybridized carbons (Fsp3) is 0.417. The molecule has 1 aliphatic heterocycles. The Bertz CT molecular complexity index is 1340. The van der Waals surface area contributed by atoms with E-state index >= 15 is 0 Å². The summed E-state index contributed by atoms with van der Waals surface area (Å²) in [4.78, 5) is 34.9. The molecule has 1 saturated heterocycles. The van der Waals surface area contributed by atoms with Gasteiger partial charge in [-0.15, -0.1) is 0 Å². The summed E-state index contributed by atoms with van der Waals surface area (Å²) in [5.41, 5.74) is -1.64. The lowest BCUT2D eigenvalue weighted by molar-refractivity contribution is -0.133. The highest BCUT2D eigenvalue weighted by Gasteiger charge is 2.32. The molecule has 0 saturated carbocycles. The Morgan fingerprint density at radius 2 is 1.97 bits per heavy atom. The number of likely N-dealkylation sites (tertiary alicyclic amines) is 1. The number of amides is 1. The molecule has 0 spiro atoms. The largest absolute Gasteiger partial charge is 0.390 e. The van der Waals surface area contributed by atoms with Gasteiger partial charge in [0.25, 0.3) is 5.56 Å². The number of carbonyl (C=O) groups is 1. The van der Waals surface area contributed by atoms with Gasteiger partial charge in [-0.25, -0.2) is 13.8 Å². The van der Waals surface area contributed by atoms with E-state index < -0.39 is 28.4 Å². The molecule has 1 amide bonds. The van der Waals surface area contributed by atoms with Crippen molar-refractivity contribution in [3.8, 4) is 11.1 Å². The van der Waals surface area contributed by atoms with E-state index in [1.165, 1.54) is 43.9 Å². The van der Waals surface area contributed by atoms with Gasteiger partial charge < -0.3 is 20.6 Å². The lowest BCUT2D eigenvalue weighted by atomic mass is 9.88. The molecule has 35 heavy (non-hydrogen) atoms. The number of hydrogen-bond acceptors (Lipinski definition) is 7. The zero-order valence-corrected chi connectivity index (χ0v) is 19.9. The molecule has 0 unspecified atom stereocenters. The van der Waals surface area contributed by atoms with E-state index in [4.69, 9.17) is 0 Å². The van der Waals surface area contributed by atoms with E-state index in [0.29, 0.717) is 49.9 Å². The maximum Gasteiger partial charge on any atom is 0.260 e. The van der Waals surface area contributed by atoms with Crippen LogP contribution in [0.4, 0.5) is 20.4 Å². The van der Waals surface area contributed by atoms with Crippen LogP contribution in [0.3, 0.4) is 0 Å². The van der Waals surface area contributed by atoms with Crippen LogP contribution < -0.4 is 16.2 Å². The van der Waals surface area contributed by atoms with Gasteiger partial charge in [0.15, 0.2) is 5.82 Å².